The van der Waals surface area contributed by atoms with Crippen molar-refractivity contribution in [3.63, 3.8) is 0 Å². The van der Waals surface area contributed by atoms with Gasteiger partial charge in [-0.05, 0) is 43.2 Å². The molecule has 0 bridgehead atoms. The summed E-state index contributed by atoms with van der Waals surface area (Å²) in [6.45, 7) is 1.33. The molecule has 1 saturated heterocycles. The van der Waals surface area contributed by atoms with Crippen molar-refractivity contribution in [1.29, 1.82) is 0 Å². The number of benzene rings is 2. The molecule has 1 heterocycles. The minimum Gasteiger partial charge on any atom is -0.491 e. The molecule has 0 saturated carbocycles. The third-order valence-corrected chi connectivity index (χ3v) is 4.53. The highest BCUT2D eigenvalue weighted by molar-refractivity contribution is 9.10. The second-order valence-electron chi connectivity index (χ2n) is 5.55. The third kappa shape index (κ3) is 4.50. The molecule has 1 atom stereocenters. The number of anilines is 1. The number of halogens is 2. The van der Waals surface area contributed by atoms with Gasteiger partial charge in [0.2, 0.25) is 0 Å². The first-order valence-electron chi connectivity index (χ1n) is 7.73. The Morgan fingerprint density at radius 1 is 1.33 bits per heavy atom. The topological polar surface area (TPSA) is 47.6 Å². The van der Waals surface area contributed by atoms with Gasteiger partial charge in [0.25, 0.3) is 5.91 Å². The Bertz CT molecular complexity index is 732. The van der Waals surface area contributed by atoms with Crippen LogP contribution in [0.1, 0.15) is 23.2 Å². The molecule has 1 fully saturated rings. The minimum atomic E-state index is -0.260. The lowest BCUT2D eigenvalue weighted by Crippen LogP contribution is -2.16. The smallest absolute Gasteiger partial charge is 0.257 e. The summed E-state index contributed by atoms with van der Waals surface area (Å²) in [6.07, 6.45) is 2.26. The monoisotopic (exact) mass is 409 g/mol. The Kier molecular flexibility index (Phi) is 5.76. The summed E-state index contributed by atoms with van der Waals surface area (Å²) >= 11 is 9.44. The summed E-state index contributed by atoms with van der Waals surface area (Å²) in [7, 11) is 0. The standard InChI is InChI=1S/C18H17BrClNO3/c19-12-6-7-16(17(20)9-12)18(22)21-13-3-1-4-14(10-13)24-11-15-5-2-8-23-15/h1,3-4,6-7,9-10,15H,2,5,8,11H2,(H,21,22). The second kappa shape index (κ2) is 8.01. The van der Waals surface area contributed by atoms with Gasteiger partial charge in [-0.3, -0.25) is 4.79 Å². The number of carbonyl (C=O) groups is 1. The summed E-state index contributed by atoms with van der Waals surface area (Å²) in [5.41, 5.74) is 1.08. The number of hydrogen-bond acceptors (Lipinski definition) is 3. The highest BCUT2D eigenvalue weighted by Gasteiger charge is 2.16. The summed E-state index contributed by atoms with van der Waals surface area (Å²) in [4.78, 5) is 12.4. The van der Waals surface area contributed by atoms with Gasteiger partial charge < -0.3 is 14.8 Å². The molecule has 4 nitrogen and oxygen atoms in total. The molecule has 126 valence electrons. The van der Waals surface area contributed by atoms with Crippen LogP contribution in [-0.4, -0.2) is 25.2 Å². The Labute approximate surface area is 154 Å². The first kappa shape index (κ1) is 17.3. The zero-order valence-electron chi connectivity index (χ0n) is 12.9. The quantitative estimate of drug-likeness (QED) is 0.761. The fraction of sp³-hybridized carbons (Fsp3) is 0.278. The number of nitrogens with one attached hydrogen (secondary N) is 1. The SMILES string of the molecule is O=C(Nc1cccc(OCC2CCCO2)c1)c1ccc(Br)cc1Cl. The lowest BCUT2D eigenvalue weighted by atomic mass is 10.2. The van der Waals surface area contributed by atoms with Crippen LogP contribution in [0.15, 0.2) is 46.9 Å². The Morgan fingerprint density at radius 3 is 2.96 bits per heavy atom. The van der Waals surface area contributed by atoms with E-state index < -0.39 is 0 Å². The van der Waals surface area contributed by atoms with E-state index in [0.29, 0.717) is 28.6 Å². The van der Waals surface area contributed by atoms with Crippen LogP contribution in [0.5, 0.6) is 5.75 Å². The predicted molar refractivity (Wildman–Crippen MR) is 98.0 cm³/mol. The van der Waals surface area contributed by atoms with Gasteiger partial charge in [0, 0.05) is 22.8 Å². The number of ether oxygens (including phenoxy) is 2. The second-order valence-corrected chi connectivity index (χ2v) is 6.88. The molecule has 6 heteroatoms. The maximum atomic E-state index is 12.4. The van der Waals surface area contributed by atoms with Gasteiger partial charge in [-0.25, -0.2) is 0 Å². The van der Waals surface area contributed by atoms with Crippen molar-refractivity contribution in [2.24, 2.45) is 0 Å². The van der Waals surface area contributed by atoms with E-state index in [0.717, 1.165) is 23.9 Å². The maximum Gasteiger partial charge on any atom is 0.257 e. The van der Waals surface area contributed by atoms with E-state index in [1.54, 1.807) is 24.3 Å². The van der Waals surface area contributed by atoms with E-state index in [4.69, 9.17) is 21.1 Å². The fourth-order valence-corrected chi connectivity index (χ4v) is 3.26. The Hall–Kier alpha value is -1.56. The summed E-state index contributed by atoms with van der Waals surface area (Å²) in [5, 5.41) is 3.23. The maximum absolute atomic E-state index is 12.4. The van der Waals surface area contributed by atoms with Gasteiger partial charge in [0.05, 0.1) is 16.7 Å². The first-order chi connectivity index (χ1) is 11.6. The van der Waals surface area contributed by atoms with Crippen LogP contribution in [0.3, 0.4) is 0 Å². The highest BCUT2D eigenvalue weighted by atomic mass is 79.9. The third-order valence-electron chi connectivity index (χ3n) is 3.73. The molecule has 1 aliphatic rings. The molecule has 2 aromatic rings. The van der Waals surface area contributed by atoms with Crippen LogP contribution < -0.4 is 10.1 Å². The lowest BCUT2D eigenvalue weighted by molar-refractivity contribution is 0.0680. The molecular formula is C18H17BrClNO3. The van der Waals surface area contributed by atoms with Crippen LogP contribution in [-0.2, 0) is 4.74 Å². The van der Waals surface area contributed by atoms with Crippen molar-refractivity contribution in [2.75, 3.05) is 18.5 Å². The molecule has 0 aromatic heterocycles. The van der Waals surface area contributed by atoms with Gasteiger partial charge in [0.15, 0.2) is 0 Å². The van der Waals surface area contributed by atoms with E-state index in [9.17, 15) is 4.79 Å². The number of amides is 1. The van der Waals surface area contributed by atoms with Crippen molar-refractivity contribution < 1.29 is 14.3 Å². The summed E-state index contributed by atoms with van der Waals surface area (Å²) in [5.74, 6) is 0.439. The van der Waals surface area contributed by atoms with E-state index in [2.05, 4.69) is 21.2 Å². The molecule has 1 amide bonds. The van der Waals surface area contributed by atoms with Crippen molar-refractivity contribution in [3.8, 4) is 5.75 Å². The largest absolute Gasteiger partial charge is 0.491 e. The normalized spacial score (nSPS) is 16.8. The van der Waals surface area contributed by atoms with Crippen molar-refractivity contribution in [3.05, 3.63) is 57.5 Å². The van der Waals surface area contributed by atoms with Gasteiger partial charge in [0.1, 0.15) is 12.4 Å². The Balaban J connectivity index is 1.64. The molecule has 0 spiro atoms. The zero-order valence-corrected chi connectivity index (χ0v) is 15.3. The average Bonchev–Trinajstić information content (AvgIpc) is 3.06. The summed E-state index contributed by atoms with van der Waals surface area (Å²) in [6, 6.07) is 12.4. The molecule has 1 unspecified atom stereocenters. The van der Waals surface area contributed by atoms with Crippen LogP contribution in [0, 0.1) is 0 Å². The van der Waals surface area contributed by atoms with Crippen molar-refractivity contribution >= 4 is 39.1 Å². The molecule has 3 rings (SSSR count). The van der Waals surface area contributed by atoms with Crippen LogP contribution in [0.2, 0.25) is 5.02 Å². The molecule has 2 aromatic carbocycles. The van der Waals surface area contributed by atoms with E-state index in [-0.39, 0.29) is 12.0 Å². The number of rotatable bonds is 5. The number of hydrogen-bond donors (Lipinski definition) is 1. The van der Waals surface area contributed by atoms with E-state index >= 15 is 0 Å². The lowest BCUT2D eigenvalue weighted by Gasteiger charge is -2.13. The van der Waals surface area contributed by atoms with Crippen LogP contribution in [0.25, 0.3) is 0 Å². The first-order valence-corrected chi connectivity index (χ1v) is 8.90. The molecule has 0 radical (unpaired) electrons. The Morgan fingerprint density at radius 2 is 2.21 bits per heavy atom. The number of carbonyl (C=O) groups excluding carboxylic acids is 1. The molecular weight excluding hydrogens is 394 g/mol. The molecule has 1 N–H and O–H groups in total. The minimum absolute atomic E-state index is 0.157. The van der Waals surface area contributed by atoms with Crippen LogP contribution >= 0.6 is 27.5 Å². The van der Waals surface area contributed by atoms with Crippen molar-refractivity contribution in [1.82, 2.24) is 0 Å². The van der Waals surface area contributed by atoms with Crippen molar-refractivity contribution in [2.45, 2.75) is 18.9 Å². The van der Waals surface area contributed by atoms with Gasteiger partial charge in [-0.15, -0.1) is 0 Å². The average molecular weight is 411 g/mol. The van der Waals surface area contributed by atoms with Gasteiger partial charge in [-0.1, -0.05) is 33.6 Å². The summed E-state index contributed by atoms with van der Waals surface area (Å²) < 4.78 is 12.1. The molecule has 1 aliphatic heterocycles. The molecule has 0 aliphatic carbocycles. The van der Waals surface area contributed by atoms with Crippen LogP contribution in [0.4, 0.5) is 5.69 Å². The van der Waals surface area contributed by atoms with E-state index in [1.165, 1.54) is 0 Å². The zero-order chi connectivity index (χ0) is 16.9. The predicted octanol–water partition coefficient (Wildman–Crippen LogP) is 4.91. The fourth-order valence-electron chi connectivity index (χ4n) is 2.50. The van der Waals surface area contributed by atoms with E-state index in [1.807, 2.05) is 18.2 Å². The molecule has 24 heavy (non-hydrogen) atoms. The highest BCUT2D eigenvalue weighted by Crippen LogP contribution is 2.24. The van der Waals surface area contributed by atoms with Gasteiger partial charge in [-0.2, -0.15) is 0 Å². The van der Waals surface area contributed by atoms with Gasteiger partial charge >= 0.3 is 0 Å².